The van der Waals surface area contributed by atoms with E-state index < -0.39 is 0 Å². The molecule has 8 aromatic rings. The van der Waals surface area contributed by atoms with Gasteiger partial charge < -0.3 is 0 Å². The van der Waals surface area contributed by atoms with Crippen LogP contribution in [0.4, 0.5) is 0 Å². The van der Waals surface area contributed by atoms with E-state index in [0.717, 1.165) is 55.3 Å². The summed E-state index contributed by atoms with van der Waals surface area (Å²) in [5.41, 5.74) is 10.2. The molecular formula is C40H26N4. The van der Waals surface area contributed by atoms with Crippen molar-refractivity contribution in [3.05, 3.63) is 158 Å². The van der Waals surface area contributed by atoms with Gasteiger partial charge in [0, 0.05) is 33.7 Å². The number of aromatic nitrogens is 4. The molecule has 2 heterocycles. The normalized spacial score (nSPS) is 11.2. The largest absolute Gasteiger partial charge is 0.236 e. The number of hydrogen-bond acceptors (Lipinski definition) is 4. The van der Waals surface area contributed by atoms with E-state index in [4.69, 9.17) is 19.9 Å². The molecule has 0 fully saturated rings. The van der Waals surface area contributed by atoms with E-state index in [1.165, 1.54) is 11.1 Å². The maximum Gasteiger partial charge on any atom is 0.160 e. The molecule has 0 aliphatic heterocycles. The van der Waals surface area contributed by atoms with Gasteiger partial charge in [-0.15, -0.1) is 0 Å². The van der Waals surface area contributed by atoms with Gasteiger partial charge in [-0.05, 0) is 34.4 Å². The van der Waals surface area contributed by atoms with E-state index in [9.17, 15) is 0 Å². The minimum absolute atomic E-state index is 0.670. The standard InChI is InChI=1S/C40H26N4/c1-4-10-27(11-5-1)29-16-20-32(21-17-29)39-41-26-35-36(42-39)25-24-34-37(31-14-8-3-9-15-31)43-40(44-38(34)35)33-22-18-30(19-23-33)28-12-6-2-7-13-28/h1-26H. The summed E-state index contributed by atoms with van der Waals surface area (Å²) in [5, 5.41) is 1.87. The molecule has 206 valence electrons. The number of rotatable bonds is 5. The van der Waals surface area contributed by atoms with Crippen LogP contribution in [0, 0.1) is 0 Å². The third kappa shape index (κ3) is 4.79. The average molecular weight is 563 g/mol. The van der Waals surface area contributed by atoms with Crippen LogP contribution in [0.15, 0.2) is 158 Å². The van der Waals surface area contributed by atoms with E-state index in [-0.39, 0.29) is 0 Å². The molecule has 0 saturated carbocycles. The van der Waals surface area contributed by atoms with Gasteiger partial charge in [-0.2, -0.15) is 0 Å². The summed E-state index contributed by atoms with van der Waals surface area (Å²) in [5.74, 6) is 1.36. The second kappa shape index (κ2) is 11.0. The van der Waals surface area contributed by atoms with Gasteiger partial charge in [0.1, 0.15) is 0 Å². The van der Waals surface area contributed by atoms with E-state index in [2.05, 4.69) is 115 Å². The smallest absolute Gasteiger partial charge is 0.160 e. The molecule has 44 heavy (non-hydrogen) atoms. The van der Waals surface area contributed by atoms with Crippen molar-refractivity contribution in [3.63, 3.8) is 0 Å². The van der Waals surface area contributed by atoms with E-state index in [1.54, 1.807) is 0 Å². The van der Waals surface area contributed by atoms with Crippen molar-refractivity contribution in [2.75, 3.05) is 0 Å². The summed E-state index contributed by atoms with van der Waals surface area (Å²) in [6.07, 6.45) is 1.90. The fourth-order valence-electron chi connectivity index (χ4n) is 5.67. The molecule has 0 amide bonds. The van der Waals surface area contributed by atoms with Crippen LogP contribution in [0.25, 0.3) is 78.1 Å². The highest BCUT2D eigenvalue weighted by molar-refractivity contribution is 6.08. The topological polar surface area (TPSA) is 51.6 Å². The molecule has 0 unspecified atom stereocenters. The first-order valence-corrected chi connectivity index (χ1v) is 14.6. The van der Waals surface area contributed by atoms with Crippen molar-refractivity contribution in [2.45, 2.75) is 0 Å². The fraction of sp³-hybridized carbons (Fsp3) is 0. The van der Waals surface area contributed by atoms with Gasteiger partial charge in [-0.1, -0.05) is 140 Å². The summed E-state index contributed by atoms with van der Waals surface area (Å²) in [6, 6.07) is 52.0. The Morgan fingerprint density at radius 1 is 0.318 bits per heavy atom. The van der Waals surface area contributed by atoms with Crippen LogP contribution in [-0.4, -0.2) is 19.9 Å². The van der Waals surface area contributed by atoms with Crippen molar-refractivity contribution in [1.29, 1.82) is 0 Å². The summed E-state index contributed by atoms with van der Waals surface area (Å²) in [6.45, 7) is 0. The molecule has 0 radical (unpaired) electrons. The molecule has 0 saturated heterocycles. The van der Waals surface area contributed by atoms with E-state index in [1.807, 2.05) is 42.6 Å². The first-order chi connectivity index (χ1) is 21.8. The quantitative estimate of drug-likeness (QED) is 0.196. The minimum Gasteiger partial charge on any atom is -0.236 e. The molecule has 0 N–H and O–H groups in total. The molecular weight excluding hydrogens is 536 g/mol. The van der Waals surface area contributed by atoms with Crippen LogP contribution < -0.4 is 0 Å². The zero-order valence-electron chi connectivity index (χ0n) is 23.8. The monoisotopic (exact) mass is 562 g/mol. The molecule has 0 spiro atoms. The highest BCUT2D eigenvalue weighted by atomic mass is 14.9. The van der Waals surface area contributed by atoms with Gasteiger partial charge in [0.25, 0.3) is 0 Å². The molecule has 2 aromatic heterocycles. The second-order valence-electron chi connectivity index (χ2n) is 10.7. The third-order valence-corrected chi connectivity index (χ3v) is 7.97. The minimum atomic E-state index is 0.670. The van der Waals surface area contributed by atoms with Crippen molar-refractivity contribution < 1.29 is 0 Å². The van der Waals surface area contributed by atoms with Crippen molar-refractivity contribution in [2.24, 2.45) is 0 Å². The first kappa shape index (κ1) is 25.7. The van der Waals surface area contributed by atoms with Crippen LogP contribution in [0.2, 0.25) is 0 Å². The van der Waals surface area contributed by atoms with E-state index in [0.29, 0.717) is 11.6 Å². The molecule has 4 heteroatoms. The van der Waals surface area contributed by atoms with Gasteiger partial charge in [-0.25, -0.2) is 19.9 Å². The van der Waals surface area contributed by atoms with Crippen LogP contribution in [-0.2, 0) is 0 Å². The highest BCUT2D eigenvalue weighted by Gasteiger charge is 2.15. The zero-order chi connectivity index (χ0) is 29.3. The van der Waals surface area contributed by atoms with Gasteiger partial charge in [-0.3, -0.25) is 0 Å². The summed E-state index contributed by atoms with van der Waals surface area (Å²) in [4.78, 5) is 20.0. The number of nitrogens with zero attached hydrogens (tertiary/aromatic N) is 4. The van der Waals surface area contributed by atoms with Gasteiger partial charge in [0.05, 0.1) is 16.7 Å². The predicted octanol–water partition coefficient (Wildman–Crippen LogP) is 9.91. The Morgan fingerprint density at radius 2 is 0.795 bits per heavy atom. The van der Waals surface area contributed by atoms with Gasteiger partial charge >= 0.3 is 0 Å². The first-order valence-electron chi connectivity index (χ1n) is 14.6. The predicted molar refractivity (Wildman–Crippen MR) is 180 cm³/mol. The molecule has 0 aliphatic carbocycles. The summed E-state index contributed by atoms with van der Waals surface area (Å²) >= 11 is 0. The lowest BCUT2D eigenvalue weighted by atomic mass is 10.0. The maximum atomic E-state index is 5.12. The second-order valence-corrected chi connectivity index (χ2v) is 10.7. The Balaban J connectivity index is 1.24. The maximum absolute atomic E-state index is 5.12. The van der Waals surface area contributed by atoms with Gasteiger partial charge in [0.15, 0.2) is 11.6 Å². The number of fused-ring (bicyclic) bond motifs is 3. The lowest BCUT2D eigenvalue weighted by Crippen LogP contribution is -1.97. The van der Waals surface area contributed by atoms with Crippen molar-refractivity contribution >= 4 is 21.8 Å². The molecule has 0 atom stereocenters. The molecule has 4 nitrogen and oxygen atoms in total. The molecule has 0 bridgehead atoms. The molecule has 6 aromatic carbocycles. The van der Waals surface area contributed by atoms with Gasteiger partial charge in [0.2, 0.25) is 0 Å². The Bertz CT molecular complexity index is 2230. The summed E-state index contributed by atoms with van der Waals surface area (Å²) in [7, 11) is 0. The Hall–Kier alpha value is -6.00. The van der Waals surface area contributed by atoms with Crippen molar-refractivity contribution in [3.8, 4) is 56.3 Å². The van der Waals surface area contributed by atoms with E-state index >= 15 is 0 Å². The molecule has 8 rings (SSSR count). The highest BCUT2D eigenvalue weighted by Crippen LogP contribution is 2.34. The van der Waals surface area contributed by atoms with Crippen LogP contribution in [0.5, 0.6) is 0 Å². The third-order valence-electron chi connectivity index (χ3n) is 7.97. The summed E-state index contributed by atoms with van der Waals surface area (Å²) < 4.78 is 0. The fourth-order valence-corrected chi connectivity index (χ4v) is 5.67. The lowest BCUT2D eigenvalue weighted by molar-refractivity contribution is 1.21. The number of hydrogen-bond donors (Lipinski definition) is 0. The zero-order valence-corrected chi connectivity index (χ0v) is 23.8. The molecule has 0 aliphatic rings. The number of benzene rings is 6. The van der Waals surface area contributed by atoms with Crippen LogP contribution in [0.3, 0.4) is 0 Å². The Morgan fingerprint density at radius 3 is 1.36 bits per heavy atom. The SMILES string of the molecule is c1ccc(-c2ccc(-c3ncc4c(ccc5c(-c6ccccc6)nc(-c6ccc(-c7ccccc7)cc6)nc54)n3)cc2)cc1. The van der Waals surface area contributed by atoms with Crippen LogP contribution in [0.1, 0.15) is 0 Å². The average Bonchev–Trinajstić information content (AvgIpc) is 3.12. The Labute approximate surface area is 255 Å². The lowest BCUT2D eigenvalue weighted by Gasteiger charge is -2.12. The van der Waals surface area contributed by atoms with Crippen molar-refractivity contribution in [1.82, 2.24) is 19.9 Å². The Kier molecular flexibility index (Phi) is 6.43. The van der Waals surface area contributed by atoms with Crippen LogP contribution >= 0.6 is 0 Å².